The molecule has 0 bridgehead atoms. The Kier molecular flexibility index (Phi) is 3.95. The van der Waals surface area contributed by atoms with Crippen molar-refractivity contribution < 1.29 is 9.53 Å². The zero-order chi connectivity index (χ0) is 21.8. The minimum atomic E-state index is -1.67. The number of aryl methyl sites for hydroxylation is 1. The summed E-state index contributed by atoms with van der Waals surface area (Å²) in [6.45, 7) is 2.06. The first-order chi connectivity index (χ1) is 15.0. The highest BCUT2D eigenvalue weighted by atomic mass is 16.5. The van der Waals surface area contributed by atoms with Crippen LogP contribution in [0.5, 0.6) is 5.75 Å². The molecular weight excluding hydrogens is 394 g/mol. The van der Waals surface area contributed by atoms with Gasteiger partial charge in [0.2, 0.25) is 11.8 Å². The van der Waals surface area contributed by atoms with Gasteiger partial charge in [0.15, 0.2) is 5.41 Å². The van der Waals surface area contributed by atoms with Gasteiger partial charge in [-0.15, -0.1) is 0 Å². The van der Waals surface area contributed by atoms with Gasteiger partial charge < -0.3 is 20.4 Å². The Labute approximate surface area is 177 Å². The number of amides is 1. The van der Waals surface area contributed by atoms with Crippen LogP contribution in [-0.4, -0.2) is 15.5 Å². The average molecular weight is 411 g/mol. The van der Waals surface area contributed by atoms with E-state index in [2.05, 4.69) is 10.3 Å². The maximum absolute atomic E-state index is 13.8. The van der Waals surface area contributed by atoms with Gasteiger partial charge in [0, 0.05) is 35.4 Å². The normalized spacial score (nSPS) is 18.8. The van der Waals surface area contributed by atoms with Crippen LogP contribution in [0.3, 0.4) is 0 Å². The summed E-state index contributed by atoms with van der Waals surface area (Å²) < 4.78 is 7.24. The number of pyridine rings is 2. The molecule has 1 amide bonds. The first kappa shape index (κ1) is 18.6. The number of rotatable bonds is 2. The molecule has 152 valence electrons. The molecule has 0 saturated carbocycles. The summed E-state index contributed by atoms with van der Waals surface area (Å²) in [5.41, 5.74) is 6.51. The van der Waals surface area contributed by atoms with Crippen LogP contribution in [0.25, 0.3) is 0 Å². The Hall–Kier alpha value is -4.38. The van der Waals surface area contributed by atoms with Gasteiger partial charge in [-0.25, -0.2) is 0 Å². The molecule has 8 heteroatoms. The topological polar surface area (TPSA) is 123 Å². The molecule has 4 heterocycles. The molecule has 5 rings (SSSR count). The SMILES string of the molecule is Cc1cc2c(c(=O)n1Cc1ccncc1)C1(C(=O)Nc3ccccc31)C(C#N)=C(N)O2. The summed E-state index contributed by atoms with van der Waals surface area (Å²) in [6, 6.07) is 14.3. The summed E-state index contributed by atoms with van der Waals surface area (Å²) in [5, 5.41) is 12.7. The highest BCUT2D eigenvalue weighted by molar-refractivity contribution is 6.12. The van der Waals surface area contributed by atoms with Gasteiger partial charge in [-0.3, -0.25) is 14.6 Å². The van der Waals surface area contributed by atoms with Crippen LogP contribution in [0, 0.1) is 18.3 Å². The second-order valence-corrected chi connectivity index (χ2v) is 7.47. The summed E-state index contributed by atoms with van der Waals surface area (Å²) >= 11 is 0. The number of nitriles is 1. The van der Waals surface area contributed by atoms with Gasteiger partial charge in [-0.1, -0.05) is 18.2 Å². The van der Waals surface area contributed by atoms with E-state index in [0.29, 0.717) is 16.9 Å². The van der Waals surface area contributed by atoms with Crippen molar-refractivity contribution in [3.8, 4) is 11.8 Å². The van der Waals surface area contributed by atoms with E-state index >= 15 is 0 Å². The zero-order valence-corrected chi connectivity index (χ0v) is 16.5. The van der Waals surface area contributed by atoms with Crippen molar-refractivity contribution in [2.45, 2.75) is 18.9 Å². The largest absolute Gasteiger partial charge is 0.440 e. The lowest BCUT2D eigenvalue weighted by molar-refractivity contribution is -0.118. The van der Waals surface area contributed by atoms with Gasteiger partial charge in [-0.2, -0.15) is 5.26 Å². The van der Waals surface area contributed by atoms with Gasteiger partial charge in [0.05, 0.1) is 12.1 Å². The molecule has 8 nitrogen and oxygen atoms in total. The van der Waals surface area contributed by atoms with E-state index in [-0.39, 0.29) is 29.3 Å². The van der Waals surface area contributed by atoms with E-state index < -0.39 is 16.9 Å². The lowest BCUT2D eigenvalue weighted by Gasteiger charge is -2.33. The summed E-state index contributed by atoms with van der Waals surface area (Å²) in [6.07, 6.45) is 3.30. The Balaban J connectivity index is 1.85. The summed E-state index contributed by atoms with van der Waals surface area (Å²) in [7, 11) is 0. The minimum absolute atomic E-state index is 0.0837. The average Bonchev–Trinajstić information content (AvgIpc) is 3.04. The molecule has 2 aliphatic heterocycles. The van der Waals surface area contributed by atoms with E-state index in [9.17, 15) is 14.9 Å². The fourth-order valence-corrected chi connectivity index (χ4v) is 4.41. The number of hydrogen-bond acceptors (Lipinski definition) is 6. The van der Waals surface area contributed by atoms with Crippen molar-refractivity contribution >= 4 is 11.6 Å². The second kappa shape index (κ2) is 6.57. The Morgan fingerprint density at radius 3 is 2.71 bits per heavy atom. The van der Waals surface area contributed by atoms with Crippen molar-refractivity contribution in [3.63, 3.8) is 0 Å². The van der Waals surface area contributed by atoms with Gasteiger partial charge in [-0.05, 0) is 30.7 Å². The molecule has 2 aromatic heterocycles. The molecule has 0 saturated heterocycles. The first-order valence-corrected chi connectivity index (χ1v) is 9.61. The zero-order valence-electron chi connectivity index (χ0n) is 16.5. The number of benzene rings is 1. The van der Waals surface area contributed by atoms with E-state index in [1.54, 1.807) is 54.2 Å². The summed E-state index contributed by atoms with van der Waals surface area (Å²) in [5.74, 6) is -0.515. The third kappa shape index (κ3) is 2.43. The number of anilines is 1. The molecule has 1 aromatic carbocycles. The highest BCUT2D eigenvalue weighted by Crippen LogP contribution is 2.51. The number of nitrogens with two attached hydrogens (primary N) is 1. The molecular formula is C23H17N5O3. The van der Waals surface area contributed by atoms with Gasteiger partial charge >= 0.3 is 0 Å². The third-order valence-electron chi connectivity index (χ3n) is 5.81. The first-order valence-electron chi connectivity index (χ1n) is 9.61. The van der Waals surface area contributed by atoms with Crippen LogP contribution in [-0.2, 0) is 16.8 Å². The van der Waals surface area contributed by atoms with Crippen LogP contribution in [0.4, 0.5) is 5.69 Å². The van der Waals surface area contributed by atoms with Gasteiger partial charge in [0.1, 0.15) is 17.4 Å². The molecule has 1 spiro atoms. The molecule has 0 radical (unpaired) electrons. The molecule has 31 heavy (non-hydrogen) atoms. The lowest BCUT2D eigenvalue weighted by atomic mass is 9.69. The van der Waals surface area contributed by atoms with Crippen molar-refractivity contribution in [1.29, 1.82) is 5.26 Å². The number of carbonyl (C=O) groups excluding carboxylic acids is 1. The third-order valence-corrected chi connectivity index (χ3v) is 5.81. The number of aromatic nitrogens is 2. The molecule has 1 unspecified atom stereocenters. The quantitative estimate of drug-likeness (QED) is 0.664. The number of para-hydroxylation sites is 1. The molecule has 0 fully saturated rings. The Morgan fingerprint density at radius 2 is 1.97 bits per heavy atom. The smallest absolute Gasteiger partial charge is 0.259 e. The van der Waals surface area contributed by atoms with E-state index in [4.69, 9.17) is 10.5 Å². The standard InChI is InChI=1S/C23H17N5O3/c1-13-10-18-19(21(29)28(13)12-14-6-8-26-9-7-14)23(16(11-24)20(25)31-18)15-4-2-3-5-17(15)27-22(23)30/h2-10H,12,25H2,1H3,(H,27,30). The maximum Gasteiger partial charge on any atom is 0.259 e. The number of ether oxygens (including phenoxy) is 1. The second-order valence-electron chi connectivity index (χ2n) is 7.47. The van der Waals surface area contributed by atoms with Crippen molar-refractivity contribution in [2.24, 2.45) is 5.73 Å². The number of carbonyl (C=O) groups is 1. The predicted molar refractivity (Wildman–Crippen MR) is 112 cm³/mol. The van der Waals surface area contributed by atoms with E-state index in [1.807, 2.05) is 18.2 Å². The van der Waals surface area contributed by atoms with Crippen molar-refractivity contribution in [1.82, 2.24) is 9.55 Å². The van der Waals surface area contributed by atoms with Crippen LogP contribution >= 0.6 is 0 Å². The molecule has 2 aliphatic rings. The molecule has 3 N–H and O–H groups in total. The van der Waals surface area contributed by atoms with Crippen LogP contribution in [0.1, 0.15) is 22.4 Å². The Bertz CT molecular complexity index is 1380. The molecule has 3 aromatic rings. The number of nitrogens with zero attached hydrogens (tertiary/aromatic N) is 3. The molecule has 0 aliphatic carbocycles. The maximum atomic E-state index is 13.8. The highest BCUT2D eigenvalue weighted by Gasteiger charge is 2.58. The van der Waals surface area contributed by atoms with E-state index in [0.717, 1.165) is 5.56 Å². The van der Waals surface area contributed by atoms with Crippen molar-refractivity contribution in [2.75, 3.05) is 5.32 Å². The number of nitrogens with one attached hydrogen (secondary N) is 1. The van der Waals surface area contributed by atoms with Crippen LogP contribution in [0.2, 0.25) is 0 Å². The van der Waals surface area contributed by atoms with Crippen LogP contribution in [0.15, 0.2) is 71.1 Å². The van der Waals surface area contributed by atoms with Gasteiger partial charge in [0.25, 0.3) is 5.56 Å². The molecule has 1 atom stereocenters. The number of fused-ring (bicyclic) bond motifs is 4. The Morgan fingerprint density at radius 1 is 1.23 bits per heavy atom. The van der Waals surface area contributed by atoms with E-state index in [1.165, 1.54) is 0 Å². The predicted octanol–water partition coefficient (Wildman–Crippen LogP) is 1.92. The lowest BCUT2D eigenvalue weighted by Crippen LogP contribution is -2.47. The monoisotopic (exact) mass is 411 g/mol. The fourth-order valence-electron chi connectivity index (χ4n) is 4.41. The number of hydrogen-bond donors (Lipinski definition) is 2. The van der Waals surface area contributed by atoms with Crippen molar-refractivity contribution in [3.05, 3.63) is 99.1 Å². The van der Waals surface area contributed by atoms with Crippen LogP contribution < -0.4 is 21.3 Å². The fraction of sp³-hybridized carbons (Fsp3) is 0.130. The minimum Gasteiger partial charge on any atom is -0.440 e. The summed E-state index contributed by atoms with van der Waals surface area (Å²) in [4.78, 5) is 31.3.